The molecule has 0 saturated carbocycles. The van der Waals surface area contributed by atoms with E-state index in [-0.39, 0.29) is 5.82 Å². The summed E-state index contributed by atoms with van der Waals surface area (Å²) in [5, 5.41) is 14.1. The second-order valence-corrected chi connectivity index (χ2v) is 9.47. The zero-order valence-electron chi connectivity index (χ0n) is 19.9. The number of H-pyrrole nitrogens is 1. The van der Waals surface area contributed by atoms with E-state index in [2.05, 4.69) is 62.1 Å². The Hall–Kier alpha value is -3.55. The predicted molar refractivity (Wildman–Crippen MR) is 139 cm³/mol. The van der Waals surface area contributed by atoms with E-state index in [0.29, 0.717) is 0 Å². The lowest BCUT2D eigenvalue weighted by atomic mass is 9.91. The van der Waals surface area contributed by atoms with Crippen molar-refractivity contribution in [1.82, 2.24) is 29.8 Å². The van der Waals surface area contributed by atoms with E-state index in [1.807, 2.05) is 24.5 Å². The summed E-state index contributed by atoms with van der Waals surface area (Å²) < 4.78 is 15.9. The number of hydrogen-bond donors (Lipinski definition) is 1. The van der Waals surface area contributed by atoms with Crippen LogP contribution in [0.1, 0.15) is 6.42 Å². The molecule has 0 aliphatic carbocycles. The van der Waals surface area contributed by atoms with Crippen molar-refractivity contribution < 1.29 is 4.39 Å². The highest BCUT2D eigenvalue weighted by atomic mass is 19.1. The summed E-state index contributed by atoms with van der Waals surface area (Å²) >= 11 is 0. The summed E-state index contributed by atoms with van der Waals surface area (Å²) in [5.41, 5.74) is 6.38. The largest absolute Gasteiger partial charge is 0.304 e. The number of piperazine rings is 1. The van der Waals surface area contributed by atoms with Gasteiger partial charge >= 0.3 is 0 Å². The molecule has 2 aromatic heterocycles. The van der Waals surface area contributed by atoms with Crippen LogP contribution in [-0.2, 0) is 6.54 Å². The van der Waals surface area contributed by atoms with Gasteiger partial charge in [-0.3, -0.25) is 9.78 Å². The Labute approximate surface area is 204 Å². The Morgan fingerprint density at radius 1 is 0.886 bits per heavy atom. The first-order valence-electron chi connectivity index (χ1n) is 12.2. The SMILES string of the molecule is CN1CCN(CCCn2ncc3c(-c4ccc(F)cc4)c(-c4ccc5[nH]ncc5c4)ccc32)CC1. The van der Waals surface area contributed by atoms with Crippen molar-refractivity contribution in [2.45, 2.75) is 13.0 Å². The van der Waals surface area contributed by atoms with Crippen molar-refractivity contribution in [1.29, 1.82) is 0 Å². The van der Waals surface area contributed by atoms with E-state index in [1.54, 1.807) is 0 Å². The van der Waals surface area contributed by atoms with Crippen molar-refractivity contribution in [2.75, 3.05) is 39.8 Å². The fourth-order valence-electron chi connectivity index (χ4n) is 5.13. The molecule has 0 unspecified atom stereocenters. The van der Waals surface area contributed by atoms with Crippen LogP contribution in [0.4, 0.5) is 4.39 Å². The van der Waals surface area contributed by atoms with Gasteiger partial charge in [-0.15, -0.1) is 0 Å². The Morgan fingerprint density at radius 2 is 1.69 bits per heavy atom. The van der Waals surface area contributed by atoms with E-state index >= 15 is 0 Å². The number of benzene rings is 3. The maximum Gasteiger partial charge on any atom is 0.123 e. The van der Waals surface area contributed by atoms with Gasteiger partial charge in [0, 0.05) is 49.1 Å². The van der Waals surface area contributed by atoms with Crippen molar-refractivity contribution in [2.24, 2.45) is 0 Å². The minimum atomic E-state index is -0.234. The summed E-state index contributed by atoms with van der Waals surface area (Å²) in [6, 6.07) is 17.4. The van der Waals surface area contributed by atoms with Crippen LogP contribution in [-0.4, -0.2) is 69.5 Å². The van der Waals surface area contributed by atoms with Gasteiger partial charge in [-0.1, -0.05) is 24.3 Å². The maximum absolute atomic E-state index is 13.8. The average Bonchev–Trinajstić information content (AvgIpc) is 3.52. The smallest absolute Gasteiger partial charge is 0.123 e. The van der Waals surface area contributed by atoms with E-state index in [1.165, 1.54) is 12.1 Å². The van der Waals surface area contributed by atoms with Crippen molar-refractivity contribution in [3.8, 4) is 22.3 Å². The van der Waals surface area contributed by atoms with Gasteiger partial charge in [0.2, 0.25) is 0 Å². The molecule has 35 heavy (non-hydrogen) atoms. The van der Waals surface area contributed by atoms with Crippen LogP contribution in [0.15, 0.2) is 67.0 Å². The number of likely N-dealkylation sites (N-methyl/N-ethyl adjacent to an activating group) is 1. The number of halogens is 1. The number of fused-ring (bicyclic) bond motifs is 2. The number of rotatable bonds is 6. The molecule has 1 aliphatic rings. The molecule has 0 amide bonds. The summed E-state index contributed by atoms with van der Waals surface area (Å²) in [6.45, 7) is 6.50. The third-order valence-electron chi connectivity index (χ3n) is 7.15. The Morgan fingerprint density at radius 3 is 2.51 bits per heavy atom. The van der Waals surface area contributed by atoms with Crippen LogP contribution in [0, 0.1) is 5.82 Å². The summed E-state index contributed by atoms with van der Waals surface area (Å²) in [4.78, 5) is 4.93. The molecule has 1 fully saturated rings. The molecule has 178 valence electrons. The van der Waals surface area contributed by atoms with Crippen LogP contribution >= 0.6 is 0 Å². The number of nitrogens with zero attached hydrogens (tertiary/aromatic N) is 5. The third-order valence-corrected chi connectivity index (χ3v) is 7.15. The lowest BCUT2D eigenvalue weighted by Gasteiger charge is -2.32. The quantitative estimate of drug-likeness (QED) is 0.380. The van der Waals surface area contributed by atoms with E-state index in [0.717, 1.165) is 89.7 Å². The zero-order chi connectivity index (χ0) is 23.8. The summed E-state index contributed by atoms with van der Waals surface area (Å²) in [7, 11) is 2.19. The van der Waals surface area contributed by atoms with Gasteiger partial charge in [-0.05, 0) is 67.0 Å². The molecule has 7 heteroatoms. The summed E-state index contributed by atoms with van der Waals surface area (Å²) in [5.74, 6) is -0.234. The standard InChI is InChI=1S/C28H29FN6/c1-33-13-15-34(16-14-33)11-2-12-35-27-10-8-24(21-5-9-26-22(17-21)18-30-32-26)28(25(27)19-31-35)20-3-6-23(29)7-4-20/h3-10,17-19H,2,11-16H2,1H3,(H,30,32). The van der Waals surface area contributed by atoms with Crippen LogP contribution in [0.2, 0.25) is 0 Å². The van der Waals surface area contributed by atoms with Gasteiger partial charge < -0.3 is 9.80 Å². The Balaban J connectivity index is 1.36. The van der Waals surface area contributed by atoms with Gasteiger partial charge in [0.05, 0.1) is 23.4 Å². The van der Waals surface area contributed by atoms with E-state index < -0.39 is 0 Å². The first kappa shape index (κ1) is 21.9. The van der Waals surface area contributed by atoms with Crippen molar-refractivity contribution >= 4 is 21.8 Å². The van der Waals surface area contributed by atoms with Gasteiger partial charge in [0.25, 0.3) is 0 Å². The highest BCUT2D eigenvalue weighted by Gasteiger charge is 2.17. The van der Waals surface area contributed by atoms with Crippen LogP contribution in [0.3, 0.4) is 0 Å². The minimum absolute atomic E-state index is 0.234. The molecular formula is C28H29FN6. The van der Waals surface area contributed by atoms with E-state index in [4.69, 9.17) is 5.10 Å². The molecular weight excluding hydrogens is 439 g/mol. The molecule has 1 aliphatic heterocycles. The number of aromatic nitrogens is 4. The predicted octanol–water partition coefficient (Wildman–Crippen LogP) is 5.02. The molecule has 6 nitrogen and oxygen atoms in total. The van der Waals surface area contributed by atoms with Gasteiger partial charge in [0.1, 0.15) is 5.82 Å². The molecule has 5 aromatic rings. The van der Waals surface area contributed by atoms with Gasteiger partial charge in [-0.25, -0.2) is 4.39 Å². The molecule has 0 radical (unpaired) electrons. The average molecular weight is 469 g/mol. The third kappa shape index (κ3) is 4.33. The zero-order valence-corrected chi connectivity index (χ0v) is 19.9. The highest BCUT2D eigenvalue weighted by Crippen LogP contribution is 2.39. The Kier molecular flexibility index (Phi) is 5.80. The van der Waals surface area contributed by atoms with Crippen LogP contribution in [0.25, 0.3) is 44.1 Å². The van der Waals surface area contributed by atoms with Crippen LogP contribution < -0.4 is 0 Å². The fourth-order valence-corrected chi connectivity index (χ4v) is 5.13. The molecule has 1 saturated heterocycles. The molecule has 1 N–H and O–H groups in total. The molecule has 0 bridgehead atoms. The second kappa shape index (κ2) is 9.24. The molecule has 6 rings (SSSR count). The molecule has 3 heterocycles. The first-order valence-corrected chi connectivity index (χ1v) is 12.2. The van der Waals surface area contributed by atoms with Crippen molar-refractivity contribution in [3.05, 3.63) is 72.8 Å². The van der Waals surface area contributed by atoms with E-state index in [9.17, 15) is 4.39 Å². The topological polar surface area (TPSA) is 53.0 Å². The Bertz CT molecular complexity index is 1460. The maximum atomic E-state index is 13.8. The first-order chi connectivity index (χ1) is 17.2. The number of aryl methyl sites for hydroxylation is 1. The van der Waals surface area contributed by atoms with Crippen LogP contribution in [0.5, 0.6) is 0 Å². The number of hydrogen-bond acceptors (Lipinski definition) is 4. The summed E-state index contributed by atoms with van der Waals surface area (Å²) in [6.07, 6.45) is 4.86. The molecule has 0 atom stereocenters. The number of nitrogens with one attached hydrogen (secondary N) is 1. The van der Waals surface area contributed by atoms with Gasteiger partial charge in [-0.2, -0.15) is 10.2 Å². The number of aromatic amines is 1. The molecule has 3 aromatic carbocycles. The fraction of sp³-hybridized carbons (Fsp3) is 0.286. The minimum Gasteiger partial charge on any atom is -0.304 e. The monoisotopic (exact) mass is 468 g/mol. The van der Waals surface area contributed by atoms with Crippen molar-refractivity contribution in [3.63, 3.8) is 0 Å². The second-order valence-electron chi connectivity index (χ2n) is 9.47. The van der Waals surface area contributed by atoms with Gasteiger partial charge in [0.15, 0.2) is 0 Å². The normalized spacial score (nSPS) is 15.4. The lowest BCUT2D eigenvalue weighted by Crippen LogP contribution is -2.44. The highest BCUT2D eigenvalue weighted by molar-refractivity contribution is 6.03. The lowest BCUT2D eigenvalue weighted by molar-refractivity contribution is 0.151. The molecule has 0 spiro atoms.